The zero-order chi connectivity index (χ0) is 12.0. The first-order valence-electron chi connectivity index (χ1n) is 5.75. The number of hydrogen-bond donors (Lipinski definition) is 1. The van der Waals surface area contributed by atoms with Crippen LogP contribution in [-0.4, -0.2) is 19.2 Å². The third-order valence-electron chi connectivity index (χ3n) is 2.60. The van der Waals surface area contributed by atoms with E-state index in [9.17, 15) is 0 Å². The lowest BCUT2D eigenvalue weighted by Gasteiger charge is -2.13. The van der Waals surface area contributed by atoms with E-state index in [1.54, 1.807) is 0 Å². The third-order valence-corrected chi connectivity index (χ3v) is 3.10. The van der Waals surface area contributed by atoms with E-state index in [0.29, 0.717) is 12.6 Å². The maximum atomic E-state index is 5.70. The van der Waals surface area contributed by atoms with Crippen LogP contribution < -0.4 is 10.1 Å². The Balaban J connectivity index is 2.32. The van der Waals surface area contributed by atoms with Crippen LogP contribution in [0.25, 0.3) is 0 Å². The van der Waals surface area contributed by atoms with Crippen LogP contribution in [0.4, 0.5) is 0 Å². The first-order chi connectivity index (χ1) is 7.63. The van der Waals surface area contributed by atoms with Gasteiger partial charge in [0.25, 0.3) is 0 Å². The minimum Gasteiger partial charge on any atom is -0.492 e. The van der Waals surface area contributed by atoms with Crippen molar-refractivity contribution >= 4 is 15.9 Å². The minimum absolute atomic E-state index is 0.564. The Hall–Kier alpha value is -0.540. The van der Waals surface area contributed by atoms with Gasteiger partial charge in [0, 0.05) is 17.1 Å². The number of ether oxygens (including phenoxy) is 1. The molecule has 90 valence electrons. The number of halogens is 1. The van der Waals surface area contributed by atoms with E-state index >= 15 is 0 Å². The summed E-state index contributed by atoms with van der Waals surface area (Å²) >= 11 is 3.44. The molecule has 0 heterocycles. The Labute approximate surface area is 107 Å². The van der Waals surface area contributed by atoms with Gasteiger partial charge < -0.3 is 10.1 Å². The van der Waals surface area contributed by atoms with Crippen molar-refractivity contribution in [3.8, 4) is 5.75 Å². The van der Waals surface area contributed by atoms with Crippen molar-refractivity contribution in [2.24, 2.45) is 0 Å². The highest BCUT2D eigenvalue weighted by atomic mass is 79.9. The molecule has 0 saturated heterocycles. The molecule has 2 nitrogen and oxygen atoms in total. The van der Waals surface area contributed by atoms with Gasteiger partial charge in [0.05, 0.1) is 0 Å². The molecule has 3 heteroatoms. The average molecular weight is 286 g/mol. The molecule has 0 radical (unpaired) electrons. The fourth-order valence-electron chi connectivity index (χ4n) is 1.39. The lowest BCUT2D eigenvalue weighted by atomic mass is 10.2. The second kappa shape index (κ2) is 6.92. The van der Waals surface area contributed by atoms with E-state index in [0.717, 1.165) is 28.8 Å². The van der Waals surface area contributed by atoms with Crippen molar-refractivity contribution in [2.45, 2.75) is 33.2 Å². The van der Waals surface area contributed by atoms with E-state index in [-0.39, 0.29) is 0 Å². The monoisotopic (exact) mass is 285 g/mol. The molecule has 1 aromatic carbocycles. The fraction of sp³-hybridized carbons (Fsp3) is 0.538. The summed E-state index contributed by atoms with van der Waals surface area (Å²) < 4.78 is 6.80. The molecular weight excluding hydrogens is 266 g/mol. The van der Waals surface area contributed by atoms with Gasteiger partial charge in [-0.15, -0.1) is 0 Å². The number of benzene rings is 1. The summed E-state index contributed by atoms with van der Waals surface area (Å²) in [5.41, 5.74) is 1.16. The van der Waals surface area contributed by atoms with Crippen LogP contribution in [0, 0.1) is 6.92 Å². The lowest BCUT2D eigenvalue weighted by molar-refractivity contribution is 0.304. The van der Waals surface area contributed by atoms with Gasteiger partial charge in [-0.3, -0.25) is 0 Å². The number of aryl methyl sites for hydroxylation is 1. The summed E-state index contributed by atoms with van der Waals surface area (Å²) in [5, 5.41) is 3.40. The molecule has 0 aliphatic heterocycles. The molecule has 0 unspecified atom stereocenters. The van der Waals surface area contributed by atoms with Crippen molar-refractivity contribution in [2.75, 3.05) is 13.2 Å². The van der Waals surface area contributed by atoms with Crippen molar-refractivity contribution in [1.82, 2.24) is 5.32 Å². The molecule has 0 aliphatic rings. The van der Waals surface area contributed by atoms with E-state index in [4.69, 9.17) is 4.74 Å². The Morgan fingerprint density at radius 2 is 2.19 bits per heavy atom. The molecule has 16 heavy (non-hydrogen) atoms. The highest BCUT2D eigenvalue weighted by Gasteiger charge is 2.00. The fourth-order valence-corrected chi connectivity index (χ4v) is 1.86. The van der Waals surface area contributed by atoms with Gasteiger partial charge >= 0.3 is 0 Å². The van der Waals surface area contributed by atoms with Crippen LogP contribution in [0.5, 0.6) is 5.75 Å². The van der Waals surface area contributed by atoms with Gasteiger partial charge in [-0.25, -0.2) is 0 Å². The lowest BCUT2D eigenvalue weighted by Crippen LogP contribution is -2.29. The maximum Gasteiger partial charge on any atom is 0.122 e. The normalized spacial score (nSPS) is 12.5. The molecule has 0 aromatic heterocycles. The molecule has 1 N–H and O–H groups in total. The number of rotatable bonds is 6. The van der Waals surface area contributed by atoms with Crippen LogP contribution in [0.2, 0.25) is 0 Å². The minimum atomic E-state index is 0.564. The maximum absolute atomic E-state index is 5.70. The summed E-state index contributed by atoms with van der Waals surface area (Å²) in [7, 11) is 0. The zero-order valence-electron chi connectivity index (χ0n) is 10.2. The van der Waals surface area contributed by atoms with Gasteiger partial charge in [-0.1, -0.05) is 22.9 Å². The molecular formula is C13H20BrNO. The van der Waals surface area contributed by atoms with Crippen LogP contribution in [0.3, 0.4) is 0 Å². The van der Waals surface area contributed by atoms with Gasteiger partial charge in [-0.2, -0.15) is 0 Å². The van der Waals surface area contributed by atoms with Gasteiger partial charge in [0.1, 0.15) is 12.4 Å². The molecule has 1 rings (SSSR count). The Bertz CT molecular complexity index is 328. The smallest absolute Gasteiger partial charge is 0.122 e. The molecule has 0 spiro atoms. The Kier molecular flexibility index (Phi) is 5.85. The average Bonchev–Trinajstić information content (AvgIpc) is 2.26. The predicted molar refractivity (Wildman–Crippen MR) is 72.1 cm³/mol. The SMILES string of the molecule is CC[C@H](C)NCCOc1ccc(Br)cc1C. The summed E-state index contributed by atoms with van der Waals surface area (Å²) in [6, 6.07) is 6.64. The van der Waals surface area contributed by atoms with Crippen LogP contribution >= 0.6 is 15.9 Å². The molecule has 0 saturated carbocycles. The van der Waals surface area contributed by atoms with Crippen molar-refractivity contribution in [3.63, 3.8) is 0 Å². The topological polar surface area (TPSA) is 21.3 Å². The molecule has 0 bridgehead atoms. The Morgan fingerprint density at radius 3 is 2.81 bits per heavy atom. The number of hydrogen-bond acceptors (Lipinski definition) is 2. The highest BCUT2D eigenvalue weighted by molar-refractivity contribution is 9.10. The summed E-state index contributed by atoms with van der Waals surface area (Å²) in [4.78, 5) is 0. The van der Waals surface area contributed by atoms with E-state index in [2.05, 4.69) is 48.1 Å². The number of nitrogens with one attached hydrogen (secondary N) is 1. The highest BCUT2D eigenvalue weighted by Crippen LogP contribution is 2.21. The van der Waals surface area contributed by atoms with Crippen LogP contribution in [0.15, 0.2) is 22.7 Å². The summed E-state index contributed by atoms with van der Waals surface area (Å²) in [6.45, 7) is 8.03. The van der Waals surface area contributed by atoms with Crippen molar-refractivity contribution < 1.29 is 4.74 Å². The Morgan fingerprint density at radius 1 is 1.44 bits per heavy atom. The molecule has 0 amide bonds. The summed E-state index contributed by atoms with van der Waals surface area (Å²) in [5.74, 6) is 0.967. The second-order valence-electron chi connectivity index (χ2n) is 4.02. The van der Waals surface area contributed by atoms with E-state index < -0.39 is 0 Å². The van der Waals surface area contributed by atoms with Crippen LogP contribution in [-0.2, 0) is 0 Å². The predicted octanol–water partition coefficient (Wildman–Crippen LogP) is 3.52. The summed E-state index contributed by atoms with van der Waals surface area (Å²) in [6.07, 6.45) is 1.15. The van der Waals surface area contributed by atoms with E-state index in [1.807, 2.05) is 12.1 Å². The largest absolute Gasteiger partial charge is 0.492 e. The van der Waals surface area contributed by atoms with Gasteiger partial charge in [-0.05, 0) is 44.0 Å². The molecule has 1 atom stereocenters. The molecule has 0 fully saturated rings. The van der Waals surface area contributed by atoms with Crippen molar-refractivity contribution in [3.05, 3.63) is 28.2 Å². The second-order valence-corrected chi connectivity index (χ2v) is 4.94. The molecule has 1 aromatic rings. The third kappa shape index (κ3) is 4.54. The first kappa shape index (κ1) is 13.5. The quantitative estimate of drug-likeness (QED) is 0.808. The van der Waals surface area contributed by atoms with Gasteiger partial charge in [0.15, 0.2) is 0 Å². The zero-order valence-corrected chi connectivity index (χ0v) is 11.8. The first-order valence-corrected chi connectivity index (χ1v) is 6.55. The molecule has 0 aliphatic carbocycles. The standard InChI is InChI=1S/C13H20BrNO/c1-4-11(3)15-7-8-16-13-6-5-12(14)9-10(13)2/h5-6,9,11,15H,4,7-8H2,1-3H3/t11-/m0/s1. The van der Waals surface area contributed by atoms with Crippen molar-refractivity contribution in [1.29, 1.82) is 0 Å². The van der Waals surface area contributed by atoms with Gasteiger partial charge in [0.2, 0.25) is 0 Å². The van der Waals surface area contributed by atoms with E-state index in [1.165, 1.54) is 0 Å². The van der Waals surface area contributed by atoms with Crippen LogP contribution in [0.1, 0.15) is 25.8 Å².